The molecule has 0 atom stereocenters. The van der Waals surface area contributed by atoms with Gasteiger partial charge in [-0.15, -0.1) is 11.3 Å². The van der Waals surface area contributed by atoms with Crippen molar-refractivity contribution >= 4 is 11.3 Å². The molecule has 0 aliphatic carbocycles. The summed E-state index contributed by atoms with van der Waals surface area (Å²) in [6.07, 6.45) is 2.56. The molecule has 0 saturated heterocycles. The molecule has 0 bridgehead atoms. The van der Waals surface area contributed by atoms with Crippen molar-refractivity contribution in [1.29, 1.82) is 0 Å². The molecule has 86 valence electrons. The van der Waals surface area contributed by atoms with Crippen LogP contribution in [0.1, 0.15) is 31.3 Å². The van der Waals surface area contributed by atoms with Crippen LogP contribution in [0.5, 0.6) is 0 Å². The Morgan fingerprint density at radius 3 is 2.69 bits per heavy atom. The van der Waals surface area contributed by atoms with E-state index in [1.807, 2.05) is 26.0 Å². The molecule has 0 aliphatic rings. The molecule has 0 amide bonds. The highest BCUT2D eigenvalue weighted by atomic mass is 32.1. The van der Waals surface area contributed by atoms with Gasteiger partial charge in [0.15, 0.2) is 10.8 Å². The minimum atomic E-state index is -0.339. The molecule has 0 saturated carbocycles. The van der Waals surface area contributed by atoms with E-state index in [0.29, 0.717) is 0 Å². The SMILES string of the molecule is CCc1nc(-c2ccco2)sc1C(C)(C)N. The molecule has 2 N–H and O–H groups in total. The Morgan fingerprint density at radius 2 is 2.25 bits per heavy atom. The lowest BCUT2D eigenvalue weighted by molar-refractivity contribution is 0.559. The Morgan fingerprint density at radius 1 is 1.50 bits per heavy atom. The van der Waals surface area contributed by atoms with E-state index in [1.54, 1.807) is 17.6 Å². The molecule has 3 nitrogen and oxygen atoms in total. The zero-order valence-electron chi connectivity index (χ0n) is 9.78. The first-order valence-electron chi connectivity index (χ1n) is 5.35. The van der Waals surface area contributed by atoms with Crippen molar-refractivity contribution in [2.75, 3.05) is 0 Å². The minimum absolute atomic E-state index is 0.339. The normalized spacial score (nSPS) is 12.0. The van der Waals surface area contributed by atoms with Crippen molar-refractivity contribution in [2.24, 2.45) is 5.73 Å². The highest BCUT2D eigenvalue weighted by Crippen LogP contribution is 2.34. The van der Waals surface area contributed by atoms with Crippen LogP contribution in [0.4, 0.5) is 0 Å². The molecule has 2 heterocycles. The monoisotopic (exact) mass is 236 g/mol. The zero-order valence-corrected chi connectivity index (χ0v) is 10.6. The predicted molar refractivity (Wildman–Crippen MR) is 66.4 cm³/mol. The fourth-order valence-electron chi connectivity index (χ4n) is 1.60. The summed E-state index contributed by atoms with van der Waals surface area (Å²) in [6.45, 7) is 6.10. The van der Waals surface area contributed by atoms with Gasteiger partial charge in [0.25, 0.3) is 0 Å². The van der Waals surface area contributed by atoms with E-state index >= 15 is 0 Å². The maximum absolute atomic E-state index is 6.14. The van der Waals surface area contributed by atoms with Crippen molar-refractivity contribution < 1.29 is 4.42 Å². The molecule has 4 heteroatoms. The smallest absolute Gasteiger partial charge is 0.162 e. The molecule has 0 aliphatic heterocycles. The summed E-state index contributed by atoms with van der Waals surface area (Å²) >= 11 is 1.62. The summed E-state index contributed by atoms with van der Waals surface area (Å²) in [6, 6.07) is 3.79. The minimum Gasteiger partial charge on any atom is -0.462 e. The number of thiazole rings is 1. The molecule has 2 aromatic heterocycles. The van der Waals surface area contributed by atoms with Crippen LogP contribution < -0.4 is 5.73 Å². The van der Waals surface area contributed by atoms with Gasteiger partial charge in [0, 0.05) is 10.4 Å². The highest BCUT2D eigenvalue weighted by Gasteiger charge is 2.23. The van der Waals surface area contributed by atoms with Gasteiger partial charge in [0.05, 0.1) is 12.0 Å². The van der Waals surface area contributed by atoms with Crippen molar-refractivity contribution in [1.82, 2.24) is 4.98 Å². The fourth-order valence-corrected chi connectivity index (χ4v) is 2.74. The van der Waals surface area contributed by atoms with E-state index in [9.17, 15) is 0 Å². The molecule has 0 fully saturated rings. The van der Waals surface area contributed by atoms with Crippen molar-refractivity contribution in [3.8, 4) is 10.8 Å². The summed E-state index contributed by atoms with van der Waals surface area (Å²) in [5.74, 6) is 0.815. The standard InChI is InChI=1S/C12H16N2OS/c1-4-8-10(12(2,3)13)16-11(14-8)9-6-5-7-15-9/h5-7H,4,13H2,1-3H3. The average Bonchev–Trinajstić information content (AvgIpc) is 2.85. The number of aryl methyl sites for hydroxylation is 1. The van der Waals surface area contributed by atoms with Gasteiger partial charge in [-0.3, -0.25) is 0 Å². The third-order valence-corrected chi connectivity index (χ3v) is 3.80. The molecular weight excluding hydrogens is 220 g/mol. The maximum atomic E-state index is 6.14. The van der Waals surface area contributed by atoms with Gasteiger partial charge >= 0.3 is 0 Å². The largest absolute Gasteiger partial charge is 0.462 e. The molecule has 16 heavy (non-hydrogen) atoms. The van der Waals surface area contributed by atoms with Gasteiger partial charge in [0.1, 0.15) is 0 Å². The lowest BCUT2D eigenvalue weighted by atomic mass is 10.0. The van der Waals surface area contributed by atoms with E-state index in [2.05, 4.69) is 11.9 Å². The first-order chi connectivity index (χ1) is 7.52. The second kappa shape index (κ2) is 4.03. The van der Waals surface area contributed by atoms with Crippen LogP contribution in [0, 0.1) is 0 Å². The highest BCUT2D eigenvalue weighted by molar-refractivity contribution is 7.15. The summed E-state index contributed by atoms with van der Waals surface area (Å²) in [7, 11) is 0. The van der Waals surface area contributed by atoms with Crippen LogP contribution in [-0.2, 0) is 12.0 Å². The second-order valence-corrected chi connectivity index (χ2v) is 5.35. The Bertz CT molecular complexity index is 466. The van der Waals surface area contributed by atoms with Gasteiger partial charge in [-0.1, -0.05) is 6.92 Å². The Kier molecular flexibility index (Phi) is 2.86. The number of hydrogen-bond acceptors (Lipinski definition) is 4. The van der Waals surface area contributed by atoms with Crippen molar-refractivity contribution in [3.63, 3.8) is 0 Å². The molecule has 0 unspecified atom stereocenters. The second-order valence-electron chi connectivity index (χ2n) is 4.35. The molecule has 0 aromatic carbocycles. The predicted octanol–water partition coefficient (Wildman–Crippen LogP) is 3.16. The zero-order chi connectivity index (χ0) is 11.8. The Balaban J connectivity index is 2.48. The molecule has 0 spiro atoms. The van der Waals surface area contributed by atoms with Crippen molar-refractivity contribution in [2.45, 2.75) is 32.7 Å². The van der Waals surface area contributed by atoms with Gasteiger partial charge in [0.2, 0.25) is 0 Å². The van der Waals surface area contributed by atoms with E-state index in [0.717, 1.165) is 27.8 Å². The number of hydrogen-bond donors (Lipinski definition) is 1. The summed E-state index contributed by atoms with van der Waals surface area (Å²) in [4.78, 5) is 5.72. The maximum Gasteiger partial charge on any atom is 0.162 e. The molecular formula is C12H16N2OS. The molecule has 0 radical (unpaired) electrons. The van der Waals surface area contributed by atoms with Crippen LogP contribution in [0.3, 0.4) is 0 Å². The number of furan rings is 1. The number of aromatic nitrogens is 1. The lowest BCUT2D eigenvalue weighted by Gasteiger charge is -2.17. The quantitative estimate of drug-likeness (QED) is 0.890. The third-order valence-electron chi connectivity index (χ3n) is 2.35. The van der Waals surface area contributed by atoms with Crippen LogP contribution in [-0.4, -0.2) is 4.98 Å². The topological polar surface area (TPSA) is 52.0 Å². The van der Waals surface area contributed by atoms with Gasteiger partial charge in [-0.05, 0) is 32.4 Å². The molecule has 2 aromatic rings. The van der Waals surface area contributed by atoms with Crippen molar-refractivity contribution in [3.05, 3.63) is 29.0 Å². The van der Waals surface area contributed by atoms with E-state index < -0.39 is 0 Å². The Labute approximate surface area is 99.3 Å². The van der Waals surface area contributed by atoms with Crippen LogP contribution in [0.2, 0.25) is 0 Å². The number of nitrogens with zero attached hydrogens (tertiary/aromatic N) is 1. The van der Waals surface area contributed by atoms with Gasteiger partial charge in [-0.25, -0.2) is 4.98 Å². The number of nitrogens with two attached hydrogens (primary N) is 1. The van der Waals surface area contributed by atoms with Crippen LogP contribution >= 0.6 is 11.3 Å². The third kappa shape index (κ3) is 2.03. The van der Waals surface area contributed by atoms with E-state index in [1.165, 1.54) is 0 Å². The lowest BCUT2D eigenvalue weighted by Crippen LogP contribution is -2.28. The van der Waals surface area contributed by atoms with Gasteiger partial charge in [-0.2, -0.15) is 0 Å². The van der Waals surface area contributed by atoms with Crippen LogP contribution in [0.15, 0.2) is 22.8 Å². The average molecular weight is 236 g/mol. The summed E-state index contributed by atoms with van der Waals surface area (Å²) < 4.78 is 5.35. The first kappa shape index (κ1) is 11.4. The Hall–Kier alpha value is -1.13. The molecule has 2 rings (SSSR count). The fraction of sp³-hybridized carbons (Fsp3) is 0.417. The van der Waals surface area contributed by atoms with E-state index in [4.69, 9.17) is 10.2 Å². The summed E-state index contributed by atoms with van der Waals surface area (Å²) in [5.41, 5.74) is 6.87. The summed E-state index contributed by atoms with van der Waals surface area (Å²) in [5, 5.41) is 0.912. The van der Waals surface area contributed by atoms with E-state index in [-0.39, 0.29) is 5.54 Å². The van der Waals surface area contributed by atoms with Gasteiger partial charge < -0.3 is 10.2 Å². The number of rotatable bonds is 3. The van der Waals surface area contributed by atoms with Crippen LogP contribution in [0.25, 0.3) is 10.8 Å². The first-order valence-corrected chi connectivity index (χ1v) is 6.17.